The highest BCUT2D eigenvalue weighted by atomic mass is 16.6. The van der Waals surface area contributed by atoms with E-state index in [4.69, 9.17) is 4.74 Å². The highest BCUT2D eigenvalue weighted by Crippen LogP contribution is 2.59. The van der Waals surface area contributed by atoms with Gasteiger partial charge in [-0.2, -0.15) is 0 Å². The van der Waals surface area contributed by atoms with Crippen molar-refractivity contribution in [1.29, 1.82) is 0 Å². The van der Waals surface area contributed by atoms with E-state index in [9.17, 15) is 4.79 Å². The van der Waals surface area contributed by atoms with E-state index in [2.05, 4.69) is 13.8 Å². The fourth-order valence-electron chi connectivity index (χ4n) is 5.35. The zero-order chi connectivity index (χ0) is 14.5. The van der Waals surface area contributed by atoms with Gasteiger partial charge in [-0.3, -0.25) is 4.79 Å². The molecule has 20 heavy (non-hydrogen) atoms. The number of esters is 1. The minimum atomic E-state index is -0.327. The van der Waals surface area contributed by atoms with Crippen molar-refractivity contribution in [2.75, 3.05) is 0 Å². The maximum atomic E-state index is 12.6. The molecule has 0 amide bonds. The van der Waals surface area contributed by atoms with Crippen LogP contribution in [0, 0.1) is 29.1 Å². The molecule has 4 aliphatic carbocycles. The highest BCUT2D eigenvalue weighted by molar-refractivity contribution is 5.76. The van der Waals surface area contributed by atoms with E-state index in [0.717, 1.165) is 24.7 Å². The quantitative estimate of drug-likeness (QED) is 0.704. The predicted octanol–water partition coefficient (Wildman–Crippen LogP) is 4.57. The average Bonchev–Trinajstić information content (AvgIpc) is 2.35. The lowest BCUT2D eigenvalue weighted by Gasteiger charge is -2.59. The van der Waals surface area contributed by atoms with Gasteiger partial charge >= 0.3 is 5.97 Å². The first-order chi connectivity index (χ1) is 9.35. The molecular weight excluding hydrogens is 248 g/mol. The maximum absolute atomic E-state index is 12.6. The van der Waals surface area contributed by atoms with E-state index in [1.165, 1.54) is 32.1 Å². The Labute approximate surface area is 123 Å². The van der Waals surface area contributed by atoms with Crippen LogP contribution in [0.5, 0.6) is 0 Å². The lowest BCUT2D eigenvalue weighted by atomic mass is 9.50. The summed E-state index contributed by atoms with van der Waals surface area (Å²) in [7, 11) is 0. The van der Waals surface area contributed by atoms with Crippen LogP contribution in [0.25, 0.3) is 0 Å². The molecule has 0 N–H and O–H groups in total. The standard InChI is InChI=1S/C18H30O2/c1-5-6-17(2,3)16(19)20-18(4)14-8-12-7-13(10-14)11-15(18)9-12/h12-15H,5-11H2,1-4H3. The topological polar surface area (TPSA) is 26.3 Å². The molecule has 0 unspecified atom stereocenters. The molecule has 2 nitrogen and oxygen atoms in total. The van der Waals surface area contributed by atoms with E-state index in [0.29, 0.717) is 11.8 Å². The van der Waals surface area contributed by atoms with E-state index in [1.807, 2.05) is 13.8 Å². The molecule has 0 spiro atoms. The first-order valence-corrected chi connectivity index (χ1v) is 8.58. The minimum Gasteiger partial charge on any atom is -0.458 e. The lowest BCUT2D eigenvalue weighted by molar-refractivity contribution is -0.211. The minimum absolute atomic E-state index is 0.0364. The molecule has 0 atom stereocenters. The van der Waals surface area contributed by atoms with Crippen LogP contribution in [0.1, 0.15) is 72.6 Å². The Morgan fingerprint density at radius 3 is 2.05 bits per heavy atom. The van der Waals surface area contributed by atoms with Crippen molar-refractivity contribution >= 4 is 5.97 Å². The molecular formula is C18H30O2. The second kappa shape index (κ2) is 4.74. The summed E-state index contributed by atoms with van der Waals surface area (Å²) < 4.78 is 6.19. The molecule has 0 heterocycles. The van der Waals surface area contributed by atoms with Crippen LogP contribution in [0.4, 0.5) is 0 Å². The third-order valence-electron chi connectivity index (χ3n) is 6.50. The van der Waals surface area contributed by atoms with Crippen LogP contribution in [0.3, 0.4) is 0 Å². The molecule has 2 heteroatoms. The van der Waals surface area contributed by atoms with E-state index >= 15 is 0 Å². The van der Waals surface area contributed by atoms with Crippen LogP contribution in [0.15, 0.2) is 0 Å². The van der Waals surface area contributed by atoms with Crippen LogP contribution in [0.2, 0.25) is 0 Å². The van der Waals surface area contributed by atoms with Gasteiger partial charge in [0, 0.05) is 0 Å². The molecule has 0 radical (unpaired) electrons. The van der Waals surface area contributed by atoms with Crippen molar-refractivity contribution in [3.8, 4) is 0 Å². The summed E-state index contributed by atoms with van der Waals surface area (Å²) in [4.78, 5) is 12.6. The molecule has 0 aliphatic heterocycles. The summed E-state index contributed by atoms with van der Waals surface area (Å²) in [5, 5.41) is 0. The van der Waals surface area contributed by atoms with Crippen molar-refractivity contribution in [2.45, 2.75) is 78.2 Å². The molecule has 4 fully saturated rings. The monoisotopic (exact) mass is 278 g/mol. The molecule has 4 saturated carbocycles. The summed E-state index contributed by atoms with van der Waals surface area (Å²) in [6.07, 6.45) is 8.59. The number of rotatable bonds is 4. The van der Waals surface area contributed by atoms with Crippen molar-refractivity contribution in [3.63, 3.8) is 0 Å². The SMILES string of the molecule is CCCC(C)(C)C(=O)OC1(C)C2CC3CC(C2)CC1C3. The van der Waals surface area contributed by atoms with Crippen molar-refractivity contribution < 1.29 is 9.53 Å². The Morgan fingerprint density at radius 1 is 1.10 bits per heavy atom. The molecule has 0 aromatic heterocycles. The van der Waals surface area contributed by atoms with Gasteiger partial charge in [0.15, 0.2) is 0 Å². The van der Waals surface area contributed by atoms with Gasteiger partial charge in [-0.15, -0.1) is 0 Å². The fraction of sp³-hybridized carbons (Fsp3) is 0.944. The van der Waals surface area contributed by atoms with E-state index in [-0.39, 0.29) is 17.0 Å². The Morgan fingerprint density at radius 2 is 1.60 bits per heavy atom. The Balaban J connectivity index is 1.75. The summed E-state index contributed by atoms with van der Waals surface area (Å²) in [6, 6.07) is 0. The Bertz CT molecular complexity index is 368. The fourth-order valence-corrected chi connectivity index (χ4v) is 5.35. The first-order valence-electron chi connectivity index (χ1n) is 8.58. The number of carbonyl (C=O) groups excluding carboxylic acids is 1. The summed E-state index contributed by atoms with van der Waals surface area (Å²) >= 11 is 0. The Hall–Kier alpha value is -0.530. The van der Waals surface area contributed by atoms with Gasteiger partial charge in [-0.25, -0.2) is 0 Å². The predicted molar refractivity (Wildman–Crippen MR) is 80.2 cm³/mol. The summed E-state index contributed by atoms with van der Waals surface area (Å²) in [6.45, 7) is 8.45. The average molecular weight is 278 g/mol. The summed E-state index contributed by atoms with van der Waals surface area (Å²) in [5.41, 5.74) is -0.498. The maximum Gasteiger partial charge on any atom is 0.312 e. The second-order valence-corrected chi connectivity index (χ2v) is 8.51. The zero-order valence-corrected chi connectivity index (χ0v) is 13.6. The second-order valence-electron chi connectivity index (χ2n) is 8.51. The largest absolute Gasteiger partial charge is 0.458 e. The van der Waals surface area contributed by atoms with E-state index < -0.39 is 0 Å². The van der Waals surface area contributed by atoms with Crippen molar-refractivity contribution in [1.82, 2.24) is 0 Å². The van der Waals surface area contributed by atoms with Crippen LogP contribution >= 0.6 is 0 Å². The third kappa shape index (κ3) is 2.19. The van der Waals surface area contributed by atoms with E-state index in [1.54, 1.807) is 0 Å². The van der Waals surface area contributed by atoms with Crippen LogP contribution < -0.4 is 0 Å². The highest BCUT2D eigenvalue weighted by Gasteiger charge is 2.57. The summed E-state index contributed by atoms with van der Waals surface area (Å²) in [5.74, 6) is 3.13. The van der Waals surface area contributed by atoms with Crippen molar-refractivity contribution in [2.24, 2.45) is 29.1 Å². The third-order valence-corrected chi connectivity index (χ3v) is 6.50. The lowest BCUT2D eigenvalue weighted by Crippen LogP contribution is -2.58. The molecule has 0 aromatic carbocycles. The zero-order valence-electron chi connectivity index (χ0n) is 13.6. The first kappa shape index (κ1) is 14.4. The molecule has 0 aromatic rings. The van der Waals surface area contributed by atoms with Gasteiger partial charge in [0.25, 0.3) is 0 Å². The van der Waals surface area contributed by atoms with Gasteiger partial charge in [0.1, 0.15) is 5.60 Å². The molecule has 4 bridgehead atoms. The van der Waals surface area contributed by atoms with Crippen LogP contribution in [-0.4, -0.2) is 11.6 Å². The van der Waals surface area contributed by atoms with Gasteiger partial charge in [-0.1, -0.05) is 13.3 Å². The molecule has 114 valence electrons. The van der Waals surface area contributed by atoms with Gasteiger partial charge in [0.2, 0.25) is 0 Å². The van der Waals surface area contributed by atoms with Crippen molar-refractivity contribution in [3.05, 3.63) is 0 Å². The van der Waals surface area contributed by atoms with Gasteiger partial charge < -0.3 is 4.74 Å². The molecule has 4 aliphatic rings. The number of ether oxygens (including phenoxy) is 1. The number of hydrogen-bond acceptors (Lipinski definition) is 2. The molecule has 0 saturated heterocycles. The van der Waals surface area contributed by atoms with Gasteiger partial charge in [-0.05, 0) is 83.0 Å². The van der Waals surface area contributed by atoms with Crippen LogP contribution in [-0.2, 0) is 9.53 Å². The number of carbonyl (C=O) groups is 1. The van der Waals surface area contributed by atoms with Gasteiger partial charge in [0.05, 0.1) is 5.41 Å². The smallest absolute Gasteiger partial charge is 0.312 e. The molecule has 4 rings (SSSR count). The Kier molecular flexibility index (Phi) is 3.42. The number of hydrogen-bond donors (Lipinski definition) is 0. The normalized spacial score (nSPS) is 42.8.